The van der Waals surface area contributed by atoms with Gasteiger partial charge in [-0.2, -0.15) is 0 Å². The zero-order chi connectivity index (χ0) is 41.4. The fraction of sp³-hybridized carbons (Fsp3) is 0. The van der Waals surface area contributed by atoms with Gasteiger partial charge in [-0.1, -0.05) is 152 Å². The SMILES string of the molecule is [2H]c1c([2H])c(N(c2ccccc2-c2cc3ccccc3c3oc4ccccc4c23)c2c([2H])c([2H])c(-c3ccc4ccccc4c3)c([2H])c2[2H])c([2H])c([2H])c1-c1ccccc1. The molecule has 0 saturated carbocycles. The van der Waals surface area contributed by atoms with Crippen molar-refractivity contribution in [1.82, 2.24) is 0 Å². The summed E-state index contributed by atoms with van der Waals surface area (Å²) >= 11 is 0. The van der Waals surface area contributed by atoms with Gasteiger partial charge in [0.15, 0.2) is 0 Å². The van der Waals surface area contributed by atoms with Crippen molar-refractivity contribution >= 4 is 60.5 Å². The lowest BCUT2D eigenvalue weighted by Gasteiger charge is -2.28. The first-order valence-corrected chi connectivity index (χ1v) is 17.1. The molecule has 9 aromatic carbocycles. The van der Waals surface area contributed by atoms with Gasteiger partial charge in [0, 0.05) is 33.1 Å². The second-order valence-electron chi connectivity index (χ2n) is 12.7. The molecule has 0 fully saturated rings. The minimum atomic E-state index is -0.407. The van der Waals surface area contributed by atoms with Crippen LogP contribution < -0.4 is 4.90 Å². The van der Waals surface area contributed by atoms with E-state index in [0.717, 1.165) is 37.9 Å². The number of para-hydroxylation sites is 2. The first-order valence-electron chi connectivity index (χ1n) is 21.1. The first-order chi connectivity index (χ1) is 29.1. The molecule has 0 spiro atoms. The molecule has 0 atom stereocenters. The third-order valence-electron chi connectivity index (χ3n) is 9.58. The van der Waals surface area contributed by atoms with E-state index in [1.54, 1.807) is 42.5 Å². The Balaban J connectivity index is 1.31. The molecule has 1 heterocycles. The summed E-state index contributed by atoms with van der Waals surface area (Å²) in [5, 5.41) is 5.30. The highest BCUT2D eigenvalue weighted by Crippen LogP contribution is 2.47. The van der Waals surface area contributed by atoms with Crippen LogP contribution in [0.1, 0.15) is 11.0 Å². The van der Waals surface area contributed by atoms with Crippen LogP contribution in [-0.4, -0.2) is 0 Å². The van der Waals surface area contributed by atoms with Crippen LogP contribution in [0.25, 0.3) is 76.9 Å². The van der Waals surface area contributed by atoms with E-state index in [-0.39, 0.29) is 46.7 Å². The highest BCUT2D eigenvalue weighted by molar-refractivity contribution is 6.22. The van der Waals surface area contributed by atoms with Crippen LogP contribution in [0.5, 0.6) is 0 Å². The molecule has 0 aliphatic rings. The Labute approximate surface area is 313 Å². The van der Waals surface area contributed by atoms with Crippen molar-refractivity contribution in [2.75, 3.05) is 4.90 Å². The smallest absolute Gasteiger partial charge is 0.143 e. The highest BCUT2D eigenvalue weighted by Gasteiger charge is 2.22. The van der Waals surface area contributed by atoms with Gasteiger partial charge < -0.3 is 9.32 Å². The van der Waals surface area contributed by atoms with Crippen molar-refractivity contribution < 1.29 is 15.4 Å². The molecule has 10 aromatic rings. The van der Waals surface area contributed by atoms with Gasteiger partial charge in [-0.15, -0.1) is 0 Å². The van der Waals surface area contributed by atoms with Crippen molar-refractivity contribution in [3.63, 3.8) is 0 Å². The Hall–Kier alpha value is -6.90. The molecule has 2 nitrogen and oxygen atoms in total. The predicted molar refractivity (Wildman–Crippen MR) is 220 cm³/mol. The van der Waals surface area contributed by atoms with Crippen LogP contribution in [0.4, 0.5) is 17.1 Å². The van der Waals surface area contributed by atoms with Gasteiger partial charge in [0.2, 0.25) is 0 Å². The average Bonchev–Trinajstić information content (AvgIpc) is 3.68. The second kappa shape index (κ2) is 12.5. The molecular formula is C50H33NO. The zero-order valence-electron chi connectivity index (χ0n) is 35.8. The Bertz CT molecular complexity index is 3320. The maximum atomic E-state index is 9.67. The summed E-state index contributed by atoms with van der Waals surface area (Å²) in [5.41, 5.74) is 3.76. The van der Waals surface area contributed by atoms with Gasteiger partial charge in [0.1, 0.15) is 11.2 Å². The fourth-order valence-corrected chi connectivity index (χ4v) is 7.10. The van der Waals surface area contributed by atoms with Crippen LogP contribution in [0, 0.1) is 0 Å². The summed E-state index contributed by atoms with van der Waals surface area (Å²) in [4.78, 5) is 1.39. The van der Waals surface area contributed by atoms with Crippen LogP contribution in [-0.2, 0) is 0 Å². The quantitative estimate of drug-likeness (QED) is 0.175. The molecule has 0 radical (unpaired) electrons. The lowest BCUT2D eigenvalue weighted by Crippen LogP contribution is -2.11. The Morgan fingerprint density at radius 2 is 1.00 bits per heavy atom. The third-order valence-corrected chi connectivity index (χ3v) is 9.58. The number of fused-ring (bicyclic) bond motifs is 6. The van der Waals surface area contributed by atoms with E-state index in [0.29, 0.717) is 33.5 Å². The lowest BCUT2D eigenvalue weighted by molar-refractivity contribution is 0.673. The van der Waals surface area contributed by atoms with Crippen LogP contribution in [0.2, 0.25) is 0 Å². The summed E-state index contributed by atoms with van der Waals surface area (Å²) < 4.78 is 82.6. The molecule has 2 heteroatoms. The van der Waals surface area contributed by atoms with E-state index >= 15 is 0 Å². The fourth-order valence-electron chi connectivity index (χ4n) is 7.10. The molecule has 0 aliphatic carbocycles. The second-order valence-corrected chi connectivity index (χ2v) is 12.7. The number of hydrogen-bond acceptors (Lipinski definition) is 2. The lowest BCUT2D eigenvalue weighted by atomic mass is 9.93. The molecule has 52 heavy (non-hydrogen) atoms. The van der Waals surface area contributed by atoms with E-state index in [2.05, 4.69) is 0 Å². The Morgan fingerprint density at radius 1 is 0.404 bits per heavy atom. The van der Waals surface area contributed by atoms with Crippen molar-refractivity contribution in [2.45, 2.75) is 0 Å². The Kier molecular flexibility index (Phi) is 5.45. The van der Waals surface area contributed by atoms with Crippen LogP contribution >= 0.6 is 0 Å². The minimum absolute atomic E-state index is 0.104. The molecule has 0 N–H and O–H groups in total. The summed E-state index contributed by atoms with van der Waals surface area (Å²) in [6, 6.07) is 44.1. The topological polar surface area (TPSA) is 16.4 Å². The molecule has 0 saturated heterocycles. The standard InChI is InChI=1S/C50H33NO/c1-2-12-34(13-3-1)36-24-28-41(29-25-36)51(42-30-26-37(27-31-42)39-23-22-35-14-4-5-15-38(35)32-39)47-20-10-8-18-44(47)46-33-40-16-6-7-17-43(40)50-49(46)45-19-9-11-21-48(45)52-50/h1-33H/i24D,25D,26D,27D,28D,29D,30D,31D. The summed E-state index contributed by atoms with van der Waals surface area (Å²) in [6.07, 6.45) is 0. The summed E-state index contributed by atoms with van der Waals surface area (Å²) in [5.74, 6) is 0. The van der Waals surface area contributed by atoms with Gasteiger partial charge in [0.25, 0.3) is 0 Å². The van der Waals surface area contributed by atoms with Gasteiger partial charge in [-0.25, -0.2) is 0 Å². The number of nitrogens with zero attached hydrogens (tertiary/aromatic N) is 1. The van der Waals surface area contributed by atoms with E-state index in [1.165, 1.54) is 4.90 Å². The van der Waals surface area contributed by atoms with E-state index in [4.69, 9.17) is 4.42 Å². The van der Waals surface area contributed by atoms with Crippen molar-refractivity contribution in [2.24, 2.45) is 0 Å². The largest absolute Gasteiger partial charge is 0.455 e. The number of rotatable bonds is 6. The predicted octanol–water partition coefficient (Wildman–Crippen LogP) is 14.4. The molecule has 0 amide bonds. The number of benzene rings is 9. The van der Waals surface area contributed by atoms with Crippen molar-refractivity contribution in [3.8, 4) is 33.4 Å². The van der Waals surface area contributed by atoms with Gasteiger partial charge >= 0.3 is 0 Å². The van der Waals surface area contributed by atoms with E-state index in [1.807, 2.05) is 109 Å². The number of furan rings is 1. The minimum Gasteiger partial charge on any atom is -0.455 e. The monoisotopic (exact) mass is 671 g/mol. The van der Waals surface area contributed by atoms with Crippen molar-refractivity contribution in [3.05, 3.63) is 200 Å². The summed E-state index contributed by atoms with van der Waals surface area (Å²) in [6.45, 7) is 0. The summed E-state index contributed by atoms with van der Waals surface area (Å²) in [7, 11) is 0. The molecule has 10 rings (SSSR count). The van der Waals surface area contributed by atoms with Gasteiger partial charge in [-0.05, 0) is 92.4 Å². The number of hydrogen-bond donors (Lipinski definition) is 0. The highest BCUT2D eigenvalue weighted by atomic mass is 16.3. The normalized spacial score (nSPS) is 13.6. The maximum absolute atomic E-state index is 9.67. The van der Waals surface area contributed by atoms with Crippen LogP contribution in [0.3, 0.4) is 0 Å². The first kappa shape index (κ1) is 22.7. The molecule has 0 unspecified atom stereocenters. The van der Waals surface area contributed by atoms with E-state index < -0.39 is 24.2 Å². The van der Waals surface area contributed by atoms with Crippen molar-refractivity contribution in [1.29, 1.82) is 0 Å². The molecule has 244 valence electrons. The Morgan fingerprint density at radius 3 is 1.77 bits per heavy atom. The number of anilines is 3. The zero-order valence-corrected chi connectivity index (χ0v) is 27.8. The molecular weight excluding hydrogens is 631 g/mol. The van der Waals surface area contributed by atoms with Gasteiger partial charge in [0.05, 0.1) is 16.7 Å². The van der Waals surface area contributed by atoms with Crippen LogP contribution in [0.15, 0.2) is 204 Å². The third kappa shape index (κ3) is 5.12. The molecule has 0 aliphatic heterocycles. The molecule has 1 aromatic heterocycles. The average molecular weight is 672 g/mol. The maximum Gasteiger partial charge on any atom is 0.143 e. The van der Waals surface area contributed by atoms with E-state index in [9.17, 15) is 11.0 Å². The van der Waals surface area contributed by atoms with Gasteiger partial charge in [-0.3, -0.25) is 0 Å². The molecule has 0 bridgehead atoms.